The second kappa shape index (κ2) is 8.40. The van der Waals surface area contributed by atoms with Gasteiger partial charge in [-0.1, -0.05) is 37.6 Å². The van der Waals surface area contributed by atoms with Crippen LogP contribution in [0.1, 0.15) is 47.2 Å². The summed E-state index contributed by atoms with van der Waals surface area (Å²) in [6.07, 6.45) is 0. The lowest BCUT2D eigenvalue weighted by Gasteiger charge is -2.15. The predicted molar refractivity (Wildman–Crippen MR) is 109 cm³/mol. The van der Waals surface area contributed by atoms with Gasteiger partial charge in [0.1, 0.15) is 23.9 Å². The first-order valence-electron chi connectivity index (χ1n) is 8.96. The summed E-state index contributed by atoms with van der Waals surface area (Å²) in [6.45, 7) is 6.25. The van der Waals surface area contributed by atoms with Crippen molar-refractivity contribution in [2.75, 3.05) is 5.32 Å². The molecule has 0 fully saturated rings. The number of halogens is 1. The third kappa shape index (κ3) is 4.49. The molecule has 5 nitrogen and oxygen atoms in total. The Bertz CT molecular complexity index is 994. The van der Waals surface area contributed by atoms with Crippen LogP contribution in [0.2, 0.25) is 5.02 Å². The number of anilines is 1. The molecule has 146 valence electrons. The van der Waals surface area contributed by atoms with E-state index in [-0.39, 0.29) is 24.0 Å². The van der Waals surface area contributed by atoms with Gasteiger partial charge in [-0.2, -0.15) is 0 Å². The number of aromatic hydroxyl groups is 1. The Morgan fingerprint density at radius 3 is 2.68 bits per heavy atom. The molecule has 1 aromatic heterocycles. The molecule has 0 aliphatic heterocycles. The number of phenols is 1. The Labute approximate surface area is 168 Å². The largest absolute Gasteiger partial charge is 0.506 e. The van der Waals surface area contributed by atoms with Gasteiger partial charge in [0, 0.05) is 5.02 Å². The third-order valence-electron chi connectivity index (χ3n) is 4.32. The van der Waals surface area contributed by atoms with E-state index in [1.54, 1.807) is 30.3 Å². The lowest BCUT2D eigenvalue weighted by atomic mass is 10.0. The molecule has 28 heavy (non-hydrogen) atoms. The van der Waals surface area contributed by atoms with Crippen molar-refractivity contribution in [3.8, 4) is 11.5 Å². The van der Waals surface area contributed by atoms with Crippen molar-refractivity contribution in [1.82, 2.24) is 0 Å². The Morgan fingerprint density at radius 2 is 1.96 bits per heavy atom. The highest BCUT2D eigenvalue weighted by Gasteiger charge is 2.15. The molecule has 3 rings (SSSR count). The van der Waals surface area contributed by atoms with Crippen LogP contribution in [0, 0.1) is 6.92 Å². The fraction of sp³-hybridized carbons (Fsp3) is 0.227. The van der Waals surface area contributed by atoms with E-state index in [4.69, 9.17) is 20.8 Å². The number of carbonyl (C=O) groups is 1. The van der Waals surface area contributed by atoms with Crippen LogP contribution in [-0.2, 0) is 6.61 Å². The van der Waals surface area contributed by atoms with E-state index in [0.717, 1.165) is 16.9 Å². The predicted octanol–water partition coefficient (Wildman–Crippen LogP) is 5.90. The molecule has 1 heterocycles. The maximum Gasteiger partial charge on any atom is 0.291 e. The van der Waals surface area contributed by atoms with Crippen molar-refractivity contribution >= 4 is 23.2 Å². The lowest BCUT2D eigenvalue weighted by Crippen LogP contribution is -2.10. The van der Waals surface area contributed by atoms with Gasteiger partial charge >= 0.3 is 0 Å². The van der Waals surface area contributed by atoms with Gasteiger partial charge in [-0.25, -0.2) is 0 Å². The normalized spacial score (nSPS) is 10.9. The fourth-order valence-electron chi connectivity index (χ4n) is 2.74. The number of phenolic OH excluding ortho intramolecular Hbond substituents is 1. The first kappa shape index (κ1) is 19.8. The smallest absolute Gasteiger partial charge is 0.291 e. The van der Waals surface area contributed by atoms with Crippen LogP contribution in [0.4, 0.5) is 5.69 Å². The summed E-state index contributed by atoms with van der Waals surface area (Å²) in [4.78, 5) is 12.3. The van der Waals surface area contributed by atoms with Crippen LogP contribution in [0.25, 0.3) is 0 Å². The van der Waals surface area contributed by atoms with Gasteiger partial charge in [0.15, 0.2) is 5.76 Å². The average Bonchev–Trinajstić information content (AvgIpc) is 3.13. The molecular formula is C22H22ClNO4. The third-order valence-corrected chi connectivity index (χ3v) is 4.73. The van der Waals surface area contributed by atoms with E-state index in [9.17, 15) is 9.90 Å². The molecule has 0 unspecified atom stereocenters. The quantitative estimate of drug-likeness (QED) is 0.506. The van der Waals surface area contributed by atoms with Crippen LogP contribution in [0.3, 0.4) is 0 Å². The maximum atomic E-state index is 12.3. The van der Waals surface area contributed by atoms with Crippen molar-refractivity contribution in [2.24, 2.45) is 0 Å². The van der Waals surface area contributed by atoms with Gasteiger partial charge in [-0.05, 0) is 60.4 Å². The molecule has 0 aliphatic rings. The molecular weight excluding hydrogens is 378 g/mol. The summed E-state index contributed by atoms with van der Waals surface area (Å²) in [7, 11) is 0. The van der Waals surface area contributed by atoms with Crippen molar-refractivity contribution in [3.63, 3.8) is 0 Å². The zero-order valence-electron chi connectivity index (χ0n) is 16.0. The number of hydrogen-bond donors (Lipinski definition) is 2. The van der Waals surface area contributed by atoms with Crippen LogP contribution < -0.4 is 10.1 Å². The minimum Gasteiger partial charge on any atom is -0.506 e. The number of carbonyl (C=O) groups excluding carboxylic acids is 1. The second-order valence-electron chi connectivity index (χ2n) is 6.82. The molecule has 2 N–H and O–H groups in total. The van der Waals surface area contributed by atoms with Gasteiger partial charge in [-0.3, -0.25) is 4.79 Å². The van der Waals surface area contributed by atoms with Crippen LogP contribution in [-0.4, -0.2) is 11.0 Å². The number of rotatable bonds is 6. The lowest BCUT2D eigenvalue weighted by molar-refractivity contribution is 0.0992. The number of para-hydroxylation sites is 2. The SMILES string of the molecule is Cc1cc(OCc2ccc(C(=O)Nc3ccccc3O)o2)c(C(C)C)cc1Cl. The highest BCUT2D eigenvalue weighted by Crippen LogP contribution is 2.32. The summed E-state index contributed by atoms with van der Waals surface area (Å²) in [5.74, 6) is 1.20. The molecule has 0 saturated heterocycles. The highest BCUT2D eigenvalue weighted by atomic mass is 35.5. The number of furan rings is 1. The van der Waals surface area contributed by atoms with Gasteiger partial charge in [0.05, 0.1) is 5.69 Å². The Balaban J connectivity index is 1.69. The van der Waals surface area contributed by atoms with Crippen molar-refractivity contribution in [2.45, 2.75) is 33.3 Å². The van der Waals surface area contributed by atoms with Crippen molar-refractivity contribution in [1.29, 1.82) is 0 Å². The highest BCUT2D eigenvalue weighted by molar-refractivity contribution is 6.31. The Kier molecular flexibility index (Phi) is 5.95. The molecule has 2 aromatic carbocycles. The van der Waals surface area contributed by atoms with Gasteiger partial charge in [0.2, 0.25) is 0 Å². The second-order valence-corrected chi connectivity index (χ2v) is 7.23. The van der Waals surface area contributed by atoms with Gasteiger partial charge in [-0.15, -0.1) is 0 Å². The average molecular weight is 400 g/mol. The monoisotopic (exact) mass is 399 g/mol. The molecule has 0 bridgehead atoms. The molecule has 0 spiro atoms. The summed E-state index contributed by atoms with van der Waals surface area (Å²) in [6, 6.07) is 13.6. The molecule has 3 aromatic rings. The van der Waals surface area contributed by atoms with Crippen molar-refractivity contribution < 1.29 is 19.1 Å². The van der Waals surface area contributed by atoms with E-state index in [0.29, 0.717) is 16.5 Å². The van der Waals surface area contributed by atoms with E-state index >= 15 is 0 Å². The zero-order valence-corrected chi connectivity index (χ0v) is 16.7. The van der Waals surface area contributed by atoms with E-state index < -0.39 is 5.91 Å². The molecule has 0 radical (unpaired) electrons. The molecule has 0 saturated carbocycles. The number of amides is 1. The minimum atomic E-state index is -0.446. The van der Waals surface area contributed by atoms with Crippen LogP contribution in [0.5, 0.6) is 11.5 Å². The van der Waals surface area contributed by atoms with Crippen LogP contribution >= 0.6 is 11.6 Å². The number of ether oxygens (including phenoxy) is 1. The number of aryl methyl sites for hydroxylation is 1. The molecule has 1 amide bonds. The van der Waals surface area contributed by atoms with E-state index in [1.807, 2.05) is 19.1 Å². The topological polar surface area (TPSA) is 71.7 Å². The fourth-order valence-corrected chi connectivity index (χ4v) is 2.91. The van der Waals surface area contributed by atoms with Crippen LogP contribution in [0.15, 0.2) is 52.9 Å². The first-order valence-corrected chi connectivity index (χ1v) is 9.34. The number of benzene rings is 2. The number of nitrogens with one attached hydrogen (secondary N) is 1. The minimum absolute atomic E-state index is 0.00899. The molecule has 0 atom stereocenters. The first-order chi connectivity index (χ1) is 13.3. The summed E-state index contributed by atoms with van der Waals surface area (Å²) >= 11 is 6.23. The Hall–Kier alpha value is -2.92. The van der Waals surface area contributed by atoms with E-state index in [1.165, 1.54) is 6.07 Å². The maximum absolute atomic E-state index is 12.3. The Morgan fingerprint density at radius 1 is 1.21 bits per heavy atom. The molecule has 0 aliphatic carbocycles. The van der Waals surface area contributed by atoms with Gasteiger partial charge in [0.25, 0.3) is 5.91 Å². The molecule has 6 heteroatoms. The van der Waals surface area contributed by atoms with Crippen molar-refractivity contribution in [3.05, 3.63) is 76.2 Å². The summed E-state index contributed by atoms with van der Waals surface area (Å²) in [5, 5.41) is 13.1. The standard InChI is InChI=1S/C22H22ClNO4/c1-13(2)16-11-17(23)14(3)10-21(16)27-12-15-8-9-20(28-15)22(26)24-18-6-4-5-7-19(18)25/h4-11,13,25H,12H2,1-3H3,(H,24,26). The van der Waals surface area contributed by atoms with E-state index in [2.05, 4.69) is 19.2 Å². The van der Waals surface area contributed by atoms with Gasteiger partial charge < -0.3 is 19.6 Å². The number of hydrogen-bond acceptors (Lipinski definition) is 4. The summed E-state index contributed by atoms with van der Waals surface area (Å²) in [5.41, 5.74) is 2.27. The zero-order chi connectivity index (χ0) is 20.3. The summed E-state index contributed by atoms with van der Waals surface area (Å²) < 4.78 is 11.5.